The van der Waals surface area contributed by atoms with Crippen LogP contribution in [0.25, 0.3) is 0 Å². The summed E-state index contributed by atoms with van der Waals surface area (Å²) >= 11 is 0. The molecule has 0 bridgehead atoms. The summed E-state index contributed by atoms with van der Waals surface area (Å²) in [7, 11) is 0. The van der Waals surface area contributed by atoms with Gasteiger partial charge in [-0.1, -0.05) is 6.07 Å². The Morgan fingerprint density at radius 1 is 1.12 bits per heavy atom. The van der Waals surface area contributed by atoms with Crippen molar-refractivity contribution in [2.45, 2.75) is 20.0 Å². The van der Waals surface area contributed by atoms with Crippen molar-refractivity contribution in [3.05, 3.63) is 41.7 Å². The van der Waals surface area contributed by atoms with Crippen LogP contribution in [0.1, 0.15) is 11.3 Å². The van der Waals surface area contributed by atoms with Gasteiger partial charge in [0.15, 0.2) is 11.5 Å². The van der Waals surface area contributed by atoms with Crippen LogP contribution in [-0.2, 0) is 17.9 Å². The second-order valence-electron chi connectivity index (χ2n) is 6.47. The van der Waals surface area contributed by atoms with Gasteiger partial charge >= 0.3 is 0 Å². The second kappa shape index (κ2) is 6.76. The van der Waals surface area contributed by atoms with E-state index in [-0.39, 0.29) is 5.91 Å². The molecule has 2 aliphatic rings. The zero-order valence-corrected chi connectivity index (χ0v) is 14.4. The van der Waals surface area contributed by atoms with Gasteiger partial charge in [-0.05, 0) is 30.7 Å². The third kappa shape index (κ3) is 3.46. The number of aromatic nitrogens is 2. The van der Waals surface area contributed by atoms with Gasteiger partial charge in [0.1, 0.15) is 6.54 Å². The summed E-state index contributed by atoms with van der Waals surface area (Å²) in [6.45, 7) is 6.70. The molecule has 1 fully saturated rings. The maximum atomic E-state index is 12.4. The topological polar surface area (TPSA) is 59.8 Å². The molecule has 0 saturated carbocycles. The molecule has 1 aromatic carbocycles. The van der Waals surface area contributed by atoms with Crippen LogP contribution in [0.2, 0.25) is 0 Å². The number of carbonyl (C=O) groups is 1. The van der Waals surface area contributed by atoms with Gasteiger partial charge in [0, 0.05) is 44.6 Å². The molecule has 1 amide bonds. The van der Waals surface area contributed by atoms with Gasteiger partial charge in [-0.25, -0.2) is 0 Å². The highest BCUT2D eigenvalue weighted by atomic mass is 16.7. The van der Waals surface area contributed by atoms with Crippen LogP contribution < -0.4 is 9.47 Å². The van der Waals surface area contributed by atoms with E-state index in [1.807, 2.05) is 30.0 Å². The molecule has 2 aliphatic heterocycles. The molecule has 4 rings (SSSR count). The summed E-state index contributed by atoms with van der Waals surface area (Å²) in [5.41, 5.74) is 2.21. The van der Waals surface area contributed by atoms with E-state index in [1.165, 1.54) is 5.56 Å². The predicted octanol–water partition coefficient (Wildman–Crippen LogP) is 1.26. The number of carbonyl (C=O) groups excluding carboxylic acids is 1. The number of aryl methyl sites for hydroxylation is 1. The van der Waals surface area contributed by atoms with Gasteiger partial charge in [-0.2, -0.15) is 5.10 Å². The number of ether oxygens (including phenoxy) is 2. The Kier molecular flexibility index (Phi) is 4.31. The first-order valence-corrected chi connectivity index (χ1v) is 8.56. The molecule has 0 unspecified atom stereocenters. The van der Waals surface area contributed by atoms with Gasteiger partial charge in [-0.15, -0.1) is 0 Å². The molecule has 132 valence electrons. The molecule has 0 atom stereocenters. The number of piperazine rings is 1. The molecule has 0 radical (unpaired) electrons. The van der Waals surface area contributed by atoms with Gasteiger partial charge in [0.05, 0.1) is 0 Å². The summed E-state index contributed by atoms with van der Waals surface area (Å²) in [6.07, 6.45) is 1.73. The molecule has 0 spiro atoms. The first-order valence-electron chi connectivity index (χ1n) is 8.56. The van der Waals surface area contributed by atoms with Gasteiger partial charge in [0.2, 0.25) is 12.7 Å². The zero-order valence-electron chi connectivity index (χ0n) is 14.4. The summed E-state index contributed by atoms with van der Waals surface area (Å²) in [5.74, 6) is 1.77. The number of fused-ring (bicyclic) bond motifs is 1. The Morgan fingerprint density at radius 2 is 1.92 bits per heavy atom. The maximum Gasteiger partial charge on any atom is 0.244 e. The largest absolute Gasteiger partial charge is 0.454 e. The van der Waals surface area contributed by atoms with Gasteiger partial charge in [0.25, 0.3) is 0 Å². The molecular weight excluding hydrogens is 320 g/mol. The minimum atomic E-state index is 0.134. The standard InChI is InChI=1S/C18H22N4O3/c1-14-4-5-19-22(14)12-18(23)21-8-6-20(7-9-21)11-15-2-3-16-17(10-15)25-13-24-16/h2-5,10H,6-9,11-13H2,1H3. The van der Waals surface area contributed by atoms with Gasteiger partial charge < -0.3 is 14.4 Å². The third-order valence-corrected chi connectivity index (χ3v) is 4.78. The fourth-order valence-corrected chi connectivity index (χ4v) is 3.25. The molecular formula is C18H22N4O3. The van der Waals surface area contributed by atoms with Crippen LogP contribution in [0, 0.1) is 6.92 Å². The predicted molar refractivity (Wildman–Crippen MR) is 91.4 cm³/mol. The van der Waals surface area contributed by atoms with Crippen LogP contribution in [0.3, 0.4) is 0 Å². The average Bonchev–Trinajstić information content (AvgIpc) is 3.24. The second-order valence-corrected chi connectivity index (χ2v) is 6.47. The highest BCUT2D eigenvalue weighted by molar-refractivity contribution is 5.76. The minimum absolute atomic E-state index is 0.134. The normalized spacial score (nSPS) is 17.1. The number of hydrogen-bond donors (Lipinski definition) is 0. The molecule has 7 nitrogen and oxygen atoms in total. The third-order valence-electron chi connectivity index (χ3n) is 4.78. The van der Waals surface area contributed by atoms with Crippen molar-refractivity contribution in [1.82, 2.24) is 19.6 Å². The number of rotatable bonds is 4. The fourth-order valence-electron chi connectivity index (χ4n) is 3.25. The average molecular weight is 342 g/mol. The Hall–Kier alpha value is -2.54. The first-order chi connectivity index (χ1) is 12.2. The van der Waals surface area contributed by atoms with Crippen molar-refractivity contribution < 1.29 is 14.3 Å². The van der Waals surface area contributed by atoms with Crippen LogP contribution in [0.5, 0.6) is 11.5 Å². The van der Waals surface area contributed by atoms with Crippen molar-refractivity contribution in [2.24, 2.45) is 0 Å². The molecule has 0 N–H and O–H groups in total. The van der Waals surface area contributed by atoms with E-state index in [4.69, 9.17) is 9.47 Å². The summed E-state index contributed by atoms with van der Waals surface area (Å²) in [5, 5.41) is 4.19. The van der Waals surface area contributed by atoms with E-state index in [0.717, 1.165) is 49.9 Å². The van der Waals surface area contributed by atoms with Crippen LogP contribution in [0.4, 0.5) is 0 Å². The quantitative estimate of drug-likeness (QED) is 0.837. The van der Waals surface area contributed by atoms with E-state index >= 15 is 0 Å². The lowest BCUT2D eigenvalue weighted by atomic mass is 10.1. The summed E-state index contributed by atoms with van der Waals surface area (Å²) < 4.78 is 12.5. The lowest BCUT2D eigenvalue weighted by Gasteiger charge is -2.34. The molecule has 7 heteroatoms. The first kappa shape index (κ1) is 16.0. The zero-order chi connectivity index (χ0) is 17.2. The number of amides is 1. The lowest BCUT2D eigenvalue weighted by Crippen LogP contribution is -2.49. The van der Waals surface area contributed by atoms with Crippen molar-refractivity contribution in [1.29, 1.82) is 0 Å². The number of benzene rings is 1. The van der Waals surface area contributed by atoms with Crippen molar-refractivity contribution in [2.75, 3.05) is 33.0 Å². The van der Waals surface area contributed by atoms with Crippen LogP contribution in [0.15, 0.2) is 30.5 Å². The number of nitrogens with zero attached hydrogens (tertiary/aromatic N) is 4. The van der Waals surface area contributed by atoms with E-state index in [2.05, 4.69) is 16.1 Å². The van der Waals surface area contributed by atoms with E-state index < -0.39 is 0 Å². The molecule has 2 aromatic rings. The Balaban J connectivity index is 1.29. The monoisotopic (exact) mass is 342 g/mol. The van der Waals surface area contributed by atoms with E-state index in [9.17, 15) is 4.79 Å². The van der Waals surface area contributed by atoms with E-state index in [1.54, 1.807) is 10.9 Å². The van der Waals surface area contributed by atoms with Crippen molar-refractivity contribution >= 4 is 5.91 Å². The van der Waals surface area contributed by atoms with Gasteiger partial charge in [-0.3, -0.25) is 14.4 Å². The summed E-state index contributed by atoms with van der Waals surface area (Å²) in [6, 6.07) is 7.99. The molecule has 1 saturated heterocycles. The molecule has 3 heterocycles. The number of hydrogen-bond acceptors (Lipinski definition) is 5. The molecule has 1 aromatic heterocycles. The molecule has 0 aliphatic carbocycles. The van der Waals surface area contributed by atoms with Crippen LogP contribution in [-0.4, -0.2) is 58.5 Å². The SMILES string of the molecule is Cc1ccnn1CC(=O)N1CCN(Cc2ccc3c(c2)OCO3)CC1. The maximum absolute atomic E-state index is 12.4. The lowest BCUT2D eigenvalue weighted by molar-refractivity contribution is -0.133. The fraction of sp³-hybridized carbons (Fsp3) is 0.444. The minimum Gasteiger partial charge on any atom is -0.454 e. The van der Waals surface area contributed by atoms with E-state index in [0.29, 0.717) is 13.3 Å². The Morgan fingerprint density at radius 3 is 2.68 bits per heavy atom. The molecule has 25 heavy (non-hydrogen) atoms. The highest BCUT2D eigenvalue weighted by Gasteiger charge is 2.22. The van der Waals surface area contributed by atoms with Crippen molar-refractivity contribution in [3.63, 3.8) is 0 Å². The Bertz CT molecular complexity index is 765. The Labute approximate surface area is 146 Å². The van der Waals surface area contributed by atoms with Crippen molar-refractivity contribution in [3.8, 4) is 11.5 Å². The highest BCUT2D eigenvalue weighted by Crippen LogP contribution is 2.32. The van der Waals surface area contributed by atoms with Crippen LogP contribution >= 0.6 is 0 Å². The summed E-state index contributed by atoms with van der Waals surface area (Å²) in [4.78, 5) is 16.7. The smallest absolute Gasteiger partial charge is 0.244 e.